The van der Waals surface area contributed by atoms with Crippen LogP contribution in [0.15, 0.2) is 36.4 Å². The normalized spacial score (nSPS) is 11.4. The van der Waals surface area contributed by atoms with Gasteiger partial charge in [-0.25, -0.2) is 0 Å². The van der Waals surface area contributed by atoms with Crippen LogP contribution in [0.25, 0.3) is 10.4 Å². The highest BCUT2D eigenvalue weighted by Gasteiger charge is 2.13. The van der Waals surface area contributed by atoms with E-state index in [1.165, 1.54) is 11.3 Å². The Morgan fingerprint density at radius 1 is 1.24 bits per heavy atom. The topological polar surface area (TPSA) is 29.1 Å². The monoisotopic (exact) mass is 321 g/mol. The van der Waals surface area contributed by atoms with Crippen LogP contribution in [0.1, 0.15) is 36.9 Å². The molecular formula is C17H20ClNOS. The summed E-state index contributed by atoms with van der Waals surface area (Å²) in [5.74, 6) is -0.00229. The number of rotatable bonds is 4. The van der Waals surface area contributed by atoms with Gasteiger partial charge in [0.2, 0.25) is 0 Å². The highest BCUT2D eigenvalue weighted by Crippen LogP contribution is 2.29. The van der Waals surface area contributed by atoms with Crippen LogP contribution in [0.4, 0.5) is 0 Å². The van der Waals surface area contributed by atoms with Crippen molar-refractivity contribution in [2.24, 2.45) is 5.41 Å². The molecule has 0 aliphatic rings. The zero-order valence-electron chi connectivity index (χ0n) is 12.6. The molecule has 0 radical (unpaired) electrons. The maximum atomic E-state index is 12.1. The van der Waals surface area contributed by atoms with Crippen LogP contribution in [0, 0.1) is 5.41 Å². The Kier molecular flexibility index (Phi) is 5.07. The fourth-order valence-electron chi connectivity index (χ4n) is 1.89. The SMILES string of the molecule is CC(C)(C)CCNC(=O)c1ccc(-c2cccc(Cl)c2)s1. The Labute approximate surface area is 135 Å². The molecule has 2 nitrogen and oxygen atoms in total. The first kappa shape index (κ1) is 16.1. The van der Waals surface area contributed by atoms with E-state index in [0.717, 1.165) is 21.7 Å². The van der Waals surface area contributed by atoms with E-state index >= 15 is 0 Å². The first-order valence-corrected chi connectivity index (χ1v) is 8.18. The molecule has 0 fully saturated rings. The van der Waals surface area contributed by atoms with Crippen molar-refractivity contribution >= 4 is 28.8 Å². The maximum Gasteiger partial charge on any atom is 0.261 e. The van der Waals surface area contributed by atoms with Crippen molar-refractivity contribution in [2.75, 3.05) is 6.54 Å². The Morgan fingerprint density at radius 2 is 2.00 bits per heavy atom. The Morgan fingerprint density at radius 3 is 2.67 bits per heavy atom. The number of benzene rings is 1. The van der Waals surface area contributed by atoms with E-state index in [4.69, 9.17) is 11.6 Å². The van der Waals surface area contributed by atoms with Crippen LogP contribution in [0.3, 0.4) is 0 Å². The van der Waals surface area contributed by atoms with Crippen molar-refractivity contribution in [3.05, 3.63) is 46.3 Å². The zero-order valence-corrected chi connectivity index (χ0v) is 14.1. The lowest BCUT2D eigenvalue weighted by atomic mass is 9.92. The summed E-state index contributed by atoms with van der Waals surface area (Å²) in [6.45, 7) is 7.21. The van der Waals surface area contributed by atoms with Gasteiger partial charge in [-0.3, -0.25) is 4.79 Å². The smallest absolute Gasteiger partial charge is 0.261 e. The summed E-state index contributed by atoms with van der Waals surface area (Å²) >= 11 is 7.49. The van der Waals surface area contributed by atoms with Gasteiger partial charge < -0.3 is 5.32 Å². The van der Waals surface area contributed by atoms with E-state index in [0.29, 0.717) is 11.6 Å². The Balaban J connectivity index is 2.01. The largest absolute Gasteiger partial charge is 0.351 e. The van der Waals surface area contributed by atoms with E-state index in [1.807, 2.05) is 36.4 Å². The van der Waals surface area contributed by atoms with Gasteiger partial charge >= 0.3 is 0 Å². The predicted molar refractivity (Wildman–Crippen MR) is 91.2 cm³/mol. The number of nitrogens with one attached hydrogen (secondary N) is 1. The fourth-order valence-corrected chi connectivity index (χ4v) is 3.00. The Bertz CT molecular complexity index is 628. The second-order valence-corrected chi connectivity index (χ2v) is 7.76. The quantitative estimate of drug-likeness (QED) is 0.820. The van der Waals surface area contributed by atoms with Gasteiger partial charge in [-0.1, -0.05) is 44.5 Å². The average Bonchev–Trinajstić information content (AvgIpc) is 2.86. The number of hydrogen-bond acceptors (Lipinski definition) is 2. The number of carbonyl (C=O) groups excluding carboxylic acids is 1. The summed E-state index contributed by atoms with van der Waals surface area (Å²) in [4.78, 5) is 13.9. The predicted octanol–water partition coefficient (Wildman–Crippen LogP) is 5.23. The van der Waals surface area contributed by atoms with Crippen LogP contribution < -0.4 is 5.32 Å². The van der Waals surface area contributed by atoms with Crippen LogP contribution in [0.5, 0.6) is 0 Å². The number of carbonyl (C=O) groups is 1. The number of thiophene rings is 1. The lowest BCUT2D eigenvalue weighted by Gasteiger charge is -2.17. The summed E-state index contributed by atoms with van der Waals surface area (Å²) in [5, 5.41) is 3.68. The second-order valence-electron chi connectivity index (χ2n) is 6.24. The van der Waals surface area contributed by atoms with Crippen molar-refractivity contribution in [1.82, 2.24) is 5.32 Å². The molecule has 0 aliphatic carbocycles. The van der Waals surface area contributed by atoms with Crippen molar-refractivity contribution in [2.45, 2.75) is 27.2 Å². The maximum absolute atomic E-state index is 12.1. The van der Waals surface area contributed by atoms with Gasteiger partial charge in [0.15, 0.2) is 0 Å². The molecule has 1 heterocycles. The Hall–Kier alpha value is -1.32. The highest BCUT2D eigenvalue weighted by atomic mass is 35.5. The molecule has 112 valence electrons. The molecule has 0 unspecified atom stereocenters. The molecule has 2 aromatic rings. The van der Waals surface area contributed by atoms with Crippen molar-refractivity contribution in [3.63, 3.8) is 0 Å². The third kappa shape index (κ3) is 4.87. The molecule has 0 saturated carbocycles. The van der Waals surface area contributed by atoms with E-state index < -0.39 is 0 Å². The second kappa shape index (κ2) is 6.63. The van der Waals surface area contributed by atoms with Crippen molar-refractivity contribution in [3.8, 4) is 10.4 Å². The van der Waals surface area contributed by atoms with E-state index in [-0.39, 0.29) is 11.3 Å². The van der Waals surface area contributed by atoms with Gasteiger partial charge in [0, 0.05) is 16.4 Å². The van der Waals surface area contributed by atoms with Crippen LogP contribution in [-0.2, 0) is 0 Å². The minimum Gasteiger partial charge on any atom is -0.351 e. The minimum atomic E-state index is -0.00229. The highest BCUT2D eigenvalue weighted by molar-refractivity contribution is 7.17. The molecule has 1 aromatic carbocycles. The molecule has 1 aromatic heterocycles. The summed E-state index contributed by atoms with van der Waals surface area (Å²) in [6.07, 6.45) is 0.964. The molecule has 0 spiro atoms. The van der Waals surface area contributed by atoms with Gasteiger partial charge in [-0.2, -0.15) is 0 Å². The number of amides is 1. The average molecular weight is 322 g/mol. The van der Waals surface area contributed by atoms with Crippen molar-refractivity contribution < 1.29 is 4.79 Å². The van der Waals surface area contributed by atoms with Gasteiger partial charge in [0.25, 0.3) is 5.91 Å². The molecule has 0 aliphatic heterocycles. The fraction of sp³-hybridized carbons (Fsp3) is 0.353. The third-order valence-corrected chi connectivity index (χ3v) is 4.47. The minimum absolute atomic E-state index is 0.00229. The van der Waals surface area contributed by atoms with Crippen LogP contribution in [0.2, 0.25) is 5.02 Å². The molecule has 1 N–H and O–H groups in total. The standard InChI is InChI=1S/C17H20ClNOS/c1-17(2,3)9-10-19-16(20)15-8-7-14(21-15)12-5-4-6-13(18)11-12/h4-8,11H,9-10H2,1-3H3,(H,19,20). The zero-order chi connectivity index (χ0) is 15.5. The van der Waals surface area contributed by atoms with Gasteiger partial charge in [0.05, 0.1) is 4.88 Å². The first-order valence-electron chi connectivity index (χ1n) is 6.99. The molecule has 0 saturated heterocycles. The summed E-state index contributed by atoms with van der Waals surface area (Å²) in [7, 11) is 0. The number of hydrogen-bond donors (Lipinski definition) is 1. The molecule has 21 heavy (non-hydrogen) atoms. The van der Waals surface area contributed by atoms with Crippen LogP contribution >= 0.6 is 22.9 Å². The van der Waals surface area contributed by atoms with Crippen LogP contribution in [-0.4, -0.2) is 12.5 Å². The van der Waals surface area contributed by atoms with E-state index in [9.17, 15) is 4.79 Å². The first-order chi connectivity index (χ1) is 9.85. The third-order valence-electron chi connectivity index (χ3n) is 3.10. The molecule has 0 atom stereocenters. The van der Waals surface area contributed by atoms with Crippen molar-refractivity contribution in [1.29, 1.82) is 0 Å². The lowest BCUT2D eigenvalue weighted by Crippen LogP contribution is -2.26. The molecule has 1 amide bonds. The summed E-state index contributed by atoms with van der Waals surface area (Å²) in [5.41, 5.74) is 1.27. The number of halogens is 1. The molecule has 0 bridgehead atoms. The van der Waals surface area contributed by atoms with Gasteiger partial charge in [0.1, 0.15) is 0 Å². The van der Waals surface area contributed by atoms with Gasteiger partial charge in [-0.05, 0) is 41.7 Å². The van der Waals surface area contributed by atoms with E-state index in [2.05, 4.69) is 26.1 Å². The summed E-state index contributed by atoms with van der Waals surface area (Å²) in [6, 6.07) is 11.5. The lowest BCUT2D eigenvalue weighted by molar-refractivity contribution is 0.0953. The summed E-state index contributed by atoms with van der Waals surface area (Å²) < 4.78 is 0. The van der Waals surface area contributed by atoms with Gasteiger partial charge in [-0.15, -0.1) is 11.3 Å². The molecule has 4 heteroatoms. The van der Waals surface area contributed by atoms with E-state index in [1.54, 1.807) is 0 Å². The molecular weight excluding hydrogens is 302 g/mol. The molecule has 2 rings (SSSR count).